The zero-order valence-electron chi connectivity index (χ0n) is 11.9. The van der Waals surface area contributed by atoms with Gasteiger partial charge in [-0.15, -0.1) is 0 Å². The fourth-order valence-electron chi connectivity index (χ4n) is 1.52. The van der Waals surface area contributed by atoms with Gasteiger partial charge in [0.2, 0.25) is 11.8 Å². The third-order valence-corrected chi connectivity index (χ3v) is 3.25. The van der Waals surface area contributed by atoms with Crippen LogP contribution >= 0.6 is 15.9 Å². The first-order chi connectivity index (χ1) is 9.38. The molecule has 1 rings (SSSR count). The molecule has 0 saturated heterocycles. The predicted molar refractivity (Wildman–Crippen MR) is 83.5 cm³/mol. The van der Waals surface area contributed by atoms with Crippen LogP contribution in [0.5, 0.6) is 0 Å². The van der Waals surface area contributed by atoms with Crippen molar-refractivity contribution in [1.29, 1.82) is 0 Å². The molecule has 0 aliphatic heterocycles. The second kappa shape index (κ2) is 8.01. The van der Waals surface area contributed by atoms with Crippen molar-refractivity contribution in [2.24, 2.45) is 0 Å². The number of carbonyl (C=O) groups is 2. The Balaban J connectivity index is 2.32. The standard InChI is InChI=1S/C14H20BrN3O2/c1-10(8-14(20)18(2)3)16-9-13(19)17-12-6-4-11(15)5-7-12/h4-7,10,16H,8-9H2,1-3H3,(H,17,19). The van der Waals surface area contributed by atoms with Gasteiger partial charge in [0.25, 0.3) is 0 Å². The van der Waals surface area contributed by atoms with E-state index in [0.717, 1.165) is 10.2 Å². The fraction of sp³-hybridized carbons (Fsp3) is 0.429. The summed E-state index contributed by atoms with van der Waals surface area (Å²) in [6.45, 7) is 2.06. The van der Waals surface area contributed by atoms with Gasteiger partial charge in [0, 0.05) is 36.7 Å². The summed E-state index contributed by atoms with van der Waals surface area (Å²) in [5, 5.41) is 5.81. The Hall–Kier alpha value is -1.40. The van der Waals surface area contributed by atoms with Crippen LogP contribution in [0.4, 0.5) is 5.69 Å². The van der Waals surface area contributed by atoms with E-state index in [1.807, 2.05) is 31.2 Å². The van der Waals surface area contributed by atoms with Crippen LogP contribution in [0.1, 0.15) is 13.3 Å². The van der Waals surface area contributed by atoms with Gasteiger partial charge in [0.15, 0.2) is 0 Å². The molecule has 0 saturated carbocycles. The van der Waals surface area contributed by atoms with E-state index in [-0.39, 0.29) is 24.4 Å². The largest absolute Gasteiger partial charge is 0.349 e. The van der Waals surface area contributed by atoms with Gasteiger partial charge in [-0.1, -0.05) is 15.9 Å². The predicted octanol–water partition coefficient (Wildman–Crippen LogP) is 1.84. The summed E-state index contributed by atoms with van der Waals surface area (Å²) in [7, 11) is 3.44. The molecule has 0 radical (unpaired) electrons. The molecule has 0 aliphatic carbocycles. The van der Waals surface area contributed by atoms with E-state index in [4.69, 9.17) is 0 Å². The van der Waals surface area contributed by atoms with Crippen LogP contribution in [0.25, 0.3) is 0 Å². The number of hydrogen-bond acceptors (Lipinski definition) is 3. The molecule has 5 nitrogen and oxygen atoms in total. The molecule has 0 fully saturated rings. The molecular formula is C14H20BrN3O2. The van der Waals surface area contributed by atoms with Crippen molar-refractivity contribution in [2.75, 3.05) is 26.0 Å². The lowest BCUT2D eigenvalue weighted by molar-refractivity contribution is -0.129. The lowest BCUT2D eigenvalue weighted by Gasteiger charge is -2.16. The van der Waals surface area contributed by atoms with E-state index in [2.05, 4.69) is 26.6 Å². The summed E-state index contributed by atoms with van der Waals surface area (Å²) in [6.07, 6.45) is 0.374. The van der Waals surface area contributed by atoms with E-state index in [0.29, 0.717) is 6.42 Å². The van der Waals surface area contributed by atoms with E-state index >= 15 is 0 Å². The smallest absolute Gasteiger partial charge is 0.238 e. The lowest BCUT2D eigenvalue weighted by atomic mass is 10.2. The van der Waals surface area contributed by atoms with Crippen LogP contribution in [-0.4, -0.2) is 43.4 Å². The summed E-state index contributed by atoms with van der Waals surface area (Å²) >= 11 is 3.34. The molecule has 0 aliphatic rings. The molecule has 1 aromatic carbocycles. The Kier molecular flexibility index (Phi) is 6.67. The average molecular weight is 342 g/mol. The summed E-state index contributed by atoms with van der Waals surface area (Å²) in [5.74, 6) is -0.0882. The number of halogens is 1. The molecule has 20 heavy (non-hydrogen) atoms. The zero-order chi connectivity index (χ0) is 15.1. The molecule has 1 atom stereocenters. The van der Waals surface area contributed by atoms with Crippen LogP contribution in [0.15, 0.2) is 28.7 Å². The minimum absolute atomic E-state index is 0.0401. The molecule has 0 aromatic heterocycles. The van der Waals surface area contributed by atoms with Crippen molar-refractivity contribution in [2.45, 2.75) is 19.4 Å². The summed E-state index contributed by atoms with van der Waals surface area (Å²) in [6, 6.07) is 7.32. The molecule has 0 bridgehead atoms. The van der Waals surface area contributed by atoms with Crippen molar-refractivity contribution in [3.8, 4) is 0 Å². The van der Waals surface area contributed by atoms with Crippen molar-refractivity contribution in [1.82, 2.24) is 10.2 Å². The summed E-state index contributed by atoms with van der Waals surface area (Å²) < 4.78 is 0.962. The molecule has 0 spiro atoms. The highest BCUT2D eigenvalue weighted by molar-refractivity contribution is 9.10. The quantitative estimate of drug-likeness (QED) is 0.829. The molecule has 6 heteroatoms. The van der Waals surface area contributed by atoms with Gasteiger partial charge < -0.3 is 15.5 Å². The van der Waals surface area contributed by atoms with Crippen LogP contribution in [0.2, 0.25) is 0 Å². The van der Waals surface area contributed by atoms with Gasteiger partial charge in [0.05, 0.1) is 6.54 Å². The number of carbonyl (C=O) groups excluding carboxylic acids is 2. The molecule has 1 aromatic rings. The highest BCUT2D eigenvalue weighted by Crippen LogP contribution is 2.13. The summed E-state index contributed by atoms with van der Waals surface area (Å²) in [4.78, 5) is 24.8. The highest BCUT2D eigenvalue weighted by atomic mass is 79.9. The molecule has 2 N–H and O–H groups in total. The average Bonchev–Trinajstić information content (AvgIpc) is 2.39. The van der Waals surface area contributed by atoms with Crippen molar-refractivity contribution in [3.05, 3.63) is 28.7 Å². The SMILES string of the molecule is CC(CC(=O)N(C)C)NCC(=O)Nc1ccc(Br)cc1. The van der Waals surface area contributed by atoms with E-state index in [1.54, 1.807) is 19.0 Å². The first-order valence-electron chi connectivity index (χ1n) is 6.37. The monoisotopic (exact) mass is 341 g/mol. The maximum absolute atomic E-state index is 11.7. The number of amides is 2. The van der Waals surface area contributed by atoms with Crippen molar-refractivity contribution < 1.29 is 9.59 Å². The summed E-state index contributed by atoms with van der Waals surface area (Å²) in [5.41, 5.74) is 0.747. The third-order valence-electron chi connectivity index (χ3n) is 2.72. The highest BCUT2D eigenvalue weighted by Gasteiger charge is 2.11. The number of hydrogen-bond donors (Lipinski definition) is 2. The maximum Gasteiger partial charge on any atom is 0.238 e. The maximum atomic E-state index is 11.7. The van der Waals surface area contributed by atoms with Gasteiger partial charge in [-0.3, -0.25) is 9.59 Å². The fourth-order valence-corrected chi connectivity index (χ4v) is 1.79. The Morgan fingerprint density at radius 3 is 2.40 bits per heavy atom. The van der Waals surface area contributed by atoms with Crippen molar-refractivity contribution >= 4 is 33.4 Å². The first kappa shape index (κ1) is 16.7. The first-order valence-corrected chi connectivity index (χ1v) is 7.16. The molecular weight excluding hydrogens is 322 g/mol. The van der Waals surface area contributed by atoms with Crippen LogP contribution < -0.4 is 10.6 Å². The Morgan fingerprint density at radius 1 is 1.25 bits per heavy atom. The topological polar surface area (TPSA) is 61.4 Å². The Bertz CT molecular complexity index is 460. The lowest BCUT2D eigenvalue weighted by Crippen LogP contribution is -2.37. The molecule has 1 unspecified atom stereocenters. The minimum Gasteiger partial charge on any atom is -0.349 e. The number of benzene rings is 1. The Labute approximate surface area is 127 Å². The third kappa shape index (κ3) is 6.16. The van der Waals surface area contributed by atoms with Gasteiger partial charge in [-0.2, -0.15) is 0 Å². The zero-order valence-corrected chi connectivity index (χ0v) is 13.5. The minimum atomic E-state index is -0.128. The second-order valence-corrected chi connectivity index (χ2v) is 5.74. The van der Waals surface area contributed by atoms with Crippen LogP contribution in [-0.2, 0) is 9.59 Å². The number of anilines is 1. The number of rotatable bonds is 6. The van der Waals surface area contributed by atoms with E-state index < -0.39 is 0 Å². The molecule has 2 amide bonds. The second-order valence-electron chi connectivity index (χ2n) is 4.83. The van der Waals surface area contributed by atoms with E-state index in [1.165, 1.54) is 0 Å². The molecule has 0 heterocycles. The van der Waals surface area contributed by atoms with Gasteiger partial charge in [-0.25, -0.2) is 0 Å². The van der Waals surface area contributed by atoms with Gasteiger partial charge in [0.1, 0.15) is 0 Å². The molecule has 110 valence electrons. The Morgan fingerprint density at radius 2 is 1.85 bits per heavy atom. The number of nitrogens with zero attached hydrogens (tertiary/aromatic N) is 1. The van der Waals surface area contributed by atoms with Crippen molar-refractivity contribution in [3.63, 3.8) is 0 Å². The number of nitrogens with one attached hydrogen (secondary N) is 2. The van der Waals surface area contributed by atoms with Gasteiger partial charge >= 0.3 is 0 Å². The van der Waals surface area contributed by atoms with E-state index in [9.17, 15) is 9.59 Å². The van der Waals surface area contributed by atoms with Crippen LogP contribution in [0, 0.1) is 0 Å². The van der Waals surface area contributed by atoms with Crippen LogP contribution in [0.3, 0.4) is 0 Å². The normalized spacial score (nSPS) is 11.8. The van der Waals surface area contributed by atoms with Gasteiger partial charge in [-0.05, 0) is 31.2 Å².